The molecule has 22 heavy (non-hydrogen) atoms. The van der Waals surface area contributed by atoms with Gasteiger partial charge in [0, 0.05) is 27.7 Å². The summed E-state index contributed by atoms with van der Waals surface area (Å²) >= 11 is 0.807. The summed E-state index contributed by atoms with van der Waals surface area (Å²) in [5.41, 5.74) is -0.849. The number of esters is 3. The second kappa shape index (κ2) is 8.14. The number of rotatable bonds is 4. The van der Waals surface area contributed by atoms with Crippen molar-refractivity contribution in [1.29, 1.82) is 0 Å². The molecule has 0 unspecified atom stereocenters. The summed E-state index contributed by atoms with van der Waals surface area (Å²) in [5.74, 6) is -1.86. The summed E-state index contributed by atoms with van der Waals surface area (Å²) in [6.07, 6.45) is -3.03. The van der Waals surface area contributed by atoms with Crippen LogP contribution >= 0.6 is 11.8 Å². The first-order chi connectivity index (χ1) is 10.2. The number of hydrogen-bond donors (Lipinski definition) is 0. The van der Waals surface area contributed by atoms with Crippen molar-refractivity contribution in [2.24, 2.45) is 0 Å². The summed E-state index contributed by atoms with van der Waals surface area (Å²) in [6, 6.07) is 0. The number of carbonyl (C=O) groups is 4. The van der Waals surface area contributed by atoms with Gasteiger partial charge in [0.05, 0.1) is 6.61 Å². The van der Waals surface area contributed by atoms with Gasteiger partial charge in [-0.25, -0.2) is 0 Å². The zero-order valence-electron chi connectivity index (χ0n) is 12.7. The van der Waals surface area contributed by atoms with Crippen LogP contribution in [0.5, 0.6) is 0 Å². The highest BCUT2D eigenvalue weighted by Gasteiger charge is 2.47. The largest absolute Gasteiger partial charge is 0.456 e. The SMILES string of the molecule is CC(=O)O[C@@H]1[C@@H](OC(C)=O)[C@@H](SC(C)=O)OC[C@@H]1OC(C)=O. The quantitative estimate of drug-likeness (QED) is 0.534. The zero-order valence-corrected chi connectivity index (χ0v) is 13.5. The molecule has 9 heteroatoms. The number of thioether (sulfide) groups is 1. The Bertz CT molecular complexity index is 421. The second-order valence-corrected chi connectivity index (χ2v) is 5.88. The molecule has 0 aliphatic carbocycles. The Morgan fingerprint density at radius 1 is 0.864 bits per heavy atom. The summed E-state index contributed by atoms with van der Waals surface area (Å²) < 4.78 is 20.7. The fourth-order valence-electron chi connectivity index (χ4n) is 1.97. The van der Waals surface area contributed by atoms with E-state index in [2.05, 4.69) is 0 Å². The summed E-state index contributed by atoms with van der Waals surface area (Å²) in [5, 5.41) is -0.255. The Labute approximate surface area is 131 Å². The van der Waals surface area contributed by atoms with Crippen LogP contribution in [0.2, 0.25) is 0 Å². The first-order valence-electron chi connectivity index (χ1n) is 6.51. The first-order valence-corrected chi connectivity index (χ1v) is 7.39. The Morgan fingerprint density at radius 2 is 1.36 bits per heavy atom. The van der Waals surface area contributed by atoms with Crippen molar-refractivity contribution in [2.45, 2.75) is 51.4 Å². The van der Waals surface area contributed by atoms with Gasteiger partial charge in [0.1, 0.15) is 0 Å². The third-order valence-corrected chi connectivity index (χ3v) is 3.56. The third kappa shape index (κ3) is 5.64. The molecule has 0 aromatic heterocycles. The van der Waals surface area contributed by atoms with Crippen LogP contribution in [0.1, 0.15) is 27.7 Å². The Kier molecular flexibility index (Phi) is 6.82. The molecule has 1 aliphatic heterocycles. The molecule has 4 atom stereocenters. The zero-order chi connectivity index (χ0) is 16.9. The van der Waals surface area contributed by atoms with E-state index in [0.717, 1.165) is 11.8 Å². The summed E-state index contributed by atoms with van der Waals surface area (Å²) in [6.45, 7) is 4.80. The molecule has 0 spiro atoms. The van der Waals surface area contributed by atoms with Gasteiger partial charge in [-0.2, -0.15) is 0 Å². The lowest BCUT2D eigenvalue weighted by atomic mass is 10.1. The molecule has 0 N–H and O–H groups in total. The maximum Gasteiger partial charge on any atom is 0.303 e. The number of ether oxygens (including phenoxy) is 4. The van der Waals surface area contributed by atoms with E-state index >= 15 is 0 Å². The van der Waals surface area contributed by atoms with E-state index in [0.29, 0.717) is 0 Å². The van der Waals surface area contributed by atoms with Gasteiger partial charge in [-0.1, -0.05) is 11.8 Å². The minimum absolute atomic E-state index is 0.0831. The van der Waals surface area contributed by atoms with Gasteiger partial charge in [0.25, 0.3) is 0 Å². The van der Waals surface area contributed by atoms with Crippen LogP contribution in [0.25, 0.3) is 0 Å². The predicted molar refractivity (Wildman–Crippen MR) is 74.7 cm³/mol. The molecule has 1 fully saturated rings. The van der Waals surface area contributed by atoms with Gasteiger partial charge < -0.3 is 18.9 Å². The number of hydrogen-bond acceptors (Lipinski definition) is 9. The predicted octanol–water partition coefficient (Wildman–Crippen LogP) is 0.417. The molecular formula is C13H18O8S. The Balaban J connectivity index is 3.03. The van der Waals surface area contributed by atoms with Crippen molar-refractivity contribution in [2.75, 3.05) is 6.61 Å². The van der Waals surface area contributed by atoms with Gasteiger partial charge >= 0.3 is 17.9 Å². The van der Waals surface area contributed by atoms with Gasteiger partial charge in [-0.15, -0.1) is 0 Å². The highest BCUT2D eigenvalue weighted by Crippen LogP contribution is 2.30. The van der Waals surface area contributed by atoms with E-state index in [-0.39, 0.29) is 11.7 Å². The van der Waals surface area contributed by atoms with Crippen molar-refractivity contribution in [3.8, 4) is 0 Å². The standard InChI is InChI=1S/C13H18O8S/c1-6(14)19-10-5-18-13(22-9(4)17)12(21-8(3)16)11(10)20-7(2)15/h10-13H,5H2,1-4H3/t10-,11-,12+,13+/m0/s1. The average molecular weight is 334 g/mol. The fourth-order valence-corrected chi connectivity index (χ4v) is 2.79. The van der Waals surface area contributed by atoms with E-state index in [1.807, 2.05) is 0 Å². The van der Waals surface area contributed by atoms with Gasteiger partial charge in [0.15, 0.2) is 28.9 Å². The topological polar surface area (TPSA) is 105 Å². The van der Waals surface area contributed by atoms with Crippen molar-refractivity contribution < 1.29 is 38.1 Å². The Morgan fingerprint density at radius 3 is 1.82 bits per heavy atom. The molecule has 1 saturated heterocycles. The van der Waals surface area contributed by atoms with Gasteiger partial charge in [-0.05, 0) is 0 Å². The van der Waals surface area contributed by atoms with Crippen LogP contribution in [-0.2, 0) is 38.1 Å². The van der Waals surface area contributed by atoms with Crippen molar-refractivity contribution >= 4 is 34.8 Å². The lowest BCUT2D eigenvalue weighted by molar-refractivity contribution is -0.213. The van der Waals surface area contributed by atoms with Crippen molar-refractivity contribution in [3.05, 3.63) is 0 Å². The van der Waals surface area contributed by atoms with E-state index in [1.165, 1.54) is 27.7 Å². The van der Waals surface area contributed by atoms with Crippen molar-refractivity contribution in [3.63, 3.8) is 0 Å². The second-order valence-electron chi connectivity index (χ2n) is 4.61. The van der Waals surface area contributed by atoms with E-state index < -0.39 is 41.7 Å². The molecule has 0 aromatic rings. The van der Waals surface area contributed by atoms with Crippen LogP contribution in [0.4, 0.5) is 0 Å². The minimum Gasteiger partial charge on any atom is -0.456 e. The molecule has 0 bridgehead atoms. The molecule has 8 nitrogen and oxygen atoms in total. The fraction of sp³-hybridized carbons (Fsp3) is 0.692. The lowest BCUT2D eigenvalue weighted by Crippen LogP contribution is -2.56. The molecular weight excluding hydrogens is 316 g/mol. The lowest BCUT2D eigenvalue weighted by Gasteiger charge is -2.39. The van der Waals surface area contributed by atoms with Gasteiger partial charge in [-0.3, -0.25) is 19.2 Å². The molecule has 0 aromatic carbocycles. The molecule has 1 heterocycles. The summed E-state index contributed by atoms with van der Waals surface area (Å²) in [4.78, 5) is 45.0. The molecule has 0 radical (unpaired) electrons. The Hall–Kier alpha value is -1.61. The van der Waals surface area contributed by atoms with Gasteiger partial charge in [0.2, 0.25) is 0 Å². The molecule has 0 saturated carbocycles. The highest BCUT2D eigenvalue weighted by molar-refractivity contribution is 8.14. The summed E-state index contributed by atoms with van der Waals surface area (Å²) in [7, 11) is 0. The molecule has 124 valence electrons. The monoisotopic (exact) mass is 334 g/mol. The van der Waals surface area contributed by atoms with E-state index in [1.54, 1.807) is 0 Å². The molecule has 1 rings (SSSR count). The smallest absolute Gasteiger partial charge is 0.303 e. The van der Waals surface area contributed by atoms with Crippen LogP contribution in [-0.4, -0.2) is 53.4 Å². The molecule has 0 amide bonds. The van der Waals surface area contributed by atoms with E-state index in [4.69, 9.17) is 18.9 Å². The normalized spacial score (nSPS) is 27.6. The average Bonchev–Trinajstić information content (AvgIpc) is 2.34. The van der Waals surface area contributed by atoms with Crippen LogP contribution in [0.15, 0.2) is 0 Å². The van der Waals surface area contributed by atoms with Crippen LogP contribution in [0.3, 0.4) is 0 Å². The highest BCUT2D eigenvalue weighted by atomic mass is 32.2. The van der Waals surface area contributed by atoms with Crippen LogP contribution in [0, 0.1) is 0 Å². The van der Waals surface area contributed by atoms with Crippen molar-refractivity contribution in [1.82, 2.24) is 0 Å². The first kappa shape index (κ1) is 18.4. The number of carbonyl (C=O) groups excluding carboxylic acids is 4. The minimum atomic E-state index is -1.06. The maximum absolute atomic E-state index is 11.3. The van der Waals surface area contributed by atoms with E-state index in [9.17, 15) is 19.2 Å². The third-order valence-electron chi connectivity index (χ3n) is 2.59. The van der Waals surface area contributed by atoms with Crippen LogP contribution < -0.4 is 0 Å². The maximum atomic E-state index is 11.3. The molecule has 1 aliphatic rings.